The van der Waals surface area contributed by atoms with E-state index in [0.717, 1.165) is 19.5 Å². The summed E-state index contributed by atoms with van der Waals surface area (Å²) in [7, 11) is 8.03. The van der Waals surface area contributed by atoms with Crippen molar-refractivity contribution < 1.29 is 4.74 Å². The number of hydrogen-bond acceptors (Lipinski definition) is 4. The van der Waals surface area contributed by atoms with E-state index in [1.54, 1.807) is 7.11 Å². The van der Waals surface area contributed by atoms with E-state index >= 15 is 0 Å². The molecule has 4 heteroatoms. The van der Waals surface area contributed by atoms with E-state index in [1.807, 2.05) is 0 Å². The summed E-state index contributed by atoms with van der Waals surface area (Å²) in [6.45, 7) is 5.61. The van der Waals surface area contributed by atoms with E-state index in [0.29, 0.717) is 13.2 Å². The molecule has 0 rings (SSSR count). The van der Waals surface area contributed by atoms with E-state index in [1.165, 1.54) is 0 Å². The van der Waals surface area contributed by atoms with Gasteiger partial charge in [-0.2, -0.15) is 0 Å². The van der Waals surface area contributed by atoms with Gasteiger partial charge in [-0.25, -0.2) is 0 Å². The maximum absolute atomic E-state index is 5.79. The first kappa shape index (κ1) is 14.8. The van der Waals surface area contributed by atoms with Crippen molar-refractivity contribution in [3.8, 4) is 0 Å². The van der Waals surface area contributed by atoms with Gasteiger partial charge in [-0.15, -0.1) is 0 Å². The lowest BCUT2D eigenvalue weighted by molar-refractivity contribution is 0.0421. The largest absolute Gasteiger partial charge is 0.383 e. The monoisotopic (exact) mass is 217 g/mol. The lowest BCUT2D eigenvalue weighted by Crippen LogP contribution is -2.53. The predicted molar refractivity (Wildman–Crippen MR) is 65.1 cm³/mol. The maximum atomic E-state index is 5.79. The summed E-state index contributed by atoms with van der Waals surface area (Å²) < 4.78 is 5.21. The highest BCUT2D eigenvalue weighted by Gasteiger charge is 2.27. The second kappa shape index (κ2) is 7.17. The minimum absolute atomic E-state index is 0.0406. The fourth-order valence-corrected chi connectivity index (χ4v) is 1.53. The zero-order valence-electron chi connectivity index (χ0n) is 10.9. The van der Waals surface area contributed by atoms with Crippen LogP contribution < -0.4 is 5.73 Å². The third-order valence-corrected chi connectivity index (χ3v) is 2.92. The lowest BCUT2D eigenvalue weighted by atomic mass is 10.0. The Bertz CT molecular complexity index is 164. The molecule has 0 fully saturated rings. The van der Waals surface area contributed by atoms with Crippen LogP contribution in [0.3, 0.4) is 0 Å². The van der Waals surface area contributed by atoms with E-state index in [4.69, 9.17) is 10.5 Å². The van der Waals surface area contributed by atoms with Crippen molar-refractivity contribution in [3.63, 3.8) is 0 Å². The van der Waals surface area contributed by atoms with E-state index < -0.39 is 0 Å². The predicted octanol–water partition coefficient (Wildman–Crippen LogP) is 0.234. The van der Waals surface area contributed by atoms with E-state index in [2.05, 4.69) is 37.9 Å². The Kier molecular flexibility index (Phi) is 7.09. The molecule has 0 spiro atoms. The first-order valence-corrected chi connectivity index (χ1v) is 5.51. The third kappa shape index (κ3) is 5.47. The van der Waals surface area contributed by atoms with Gasteiger partial charge in [-0.1, -0.05) is 0 Å². The Morgan fingerprint density at radius 3 is 2.20 bits per heavy atom. The summed E-state index contributed by atoms with van der Waals surface area (Å²) in [6, 6.07) is 0. The van der Waals surface area contributed by atoms with Crippen LogP contribution >= 0.6 is 0 Å². The molecule has 15 heavy (non-hydrogen) atoms. The summed E-state index contributed by atoms with van der Waals surface area (Å²) in [4.78, 5) is 4.49. The topological polar surface area (TPSA) is 41.7 Å². The summed E-state index contributed by atoms with van der Waals surface area (Å²) in [6.07, 6.45) is 1.16. The Morgan fingerprint density at radius 1 is 1.20 bits per heavy atom. The molecule has 92 valence electrons. The molecule has 0 aromatic rings. The molecule has 4 nitrogen and oxygen atoms in total. The highest BCUT2D eigenvalue weighted by molar-refractivity contribution is 4.85. The van der Waals surface area contributed by atoms with Gasteiger partial charge in [0.05, 0.1) is 12.1 Å². The molecule has 1 unspecified atom stereocenters. The van der Waals surface area contributed by atoms with Crippen LogP contribution in [0.5, 0.6) is 0 Å². The van der Waals surface area contributed by atoms with Gasteiger partial charge in [0.25, 0.3) is 0 Å². The first-order chi connectivity index (χ1) is 6.96. The number of hydrogen-bond donors (Lipinski definition) is 1. The summed E-state index contributed by atoms with van der Waals surface area (Å²) in [5, 5.41) is 0. The zero-order valence-corrected chi connectivity index (χ0v) is 10.9. The van der Waals surface area contributed by atoms with Gasteiger partial charge >= 0.3 is 0 Å². The molecular weight excluding hydrogens is 190 g/mol. The smallest absolute Gasteiger partial charge is 0.0656 e. The minimum atomic E-state index is -0.0406. The van der Waals surface area contributed by atoms with Gasteiger partial charge in [0, 0.05) is 13.7 Å². The number of nitrogens with two attached hydrogens (primary N) is 1. The Morgan fingerprint density at radius 2 is 1.80 bits per heavy atom. The molecule has 0 amide bonds. The number of nitrogens with zero attached hydrogens (tertiary/aromatic N) is 2. The Labute approximate surface area is 94.4 Å². The van der Waals surface area contributed by atoms with Gasteiger partial charge in [-0.05, 0) is 47.6 Å². The molecule has 0 radical (unpaired) electrons. The van der Waals surface area contributed by atoms with Crippen molar-refractivity contribution in [2.45, 2.75) is 18.9 Å². The first-order valence-electron chi connectivity index (χ1n) is 5.51. The van der Waals surface area contributed by atoms with Crippen LogP contribution in [-0.2, 0) is 4.74 Å². The molecule has 0 aromatic heterocycles. The molecule has 0 aliphatic heterocycles. The van der Waals surface area contributed by atoms with E-state index in [9.17, 15) is 0 Å². The van der Waals surface area contributed by atoms with Gasteiger partial charge in [-0.3, -0.25) is 4.90 Å². The molecule has 2 N–H and O–H groups in total. The van der Waals surface area contributed by atoms with Crippen LogP contribution in [0.25, 0.3) is 0 Å². The third-order valence-electron chi connectivity index (χ3n) is 2.92. The van der Waals surface area contributed by atoms with Crippen molar-refractivity contribution in [2.24, 2.45) is 5.73 Å². The fourth-order valence-electron chi connectivity index (χ4n) is 1.53. The quantitative estimate of drug-likeness (QED) is 0.632. The van der Waals surface area contributed by atoms with Crippen LogP contribution in [-0.4, -0.2) is 69.8 Å². The lowest BCUT2D eigenvalue weighted by Gasteiger charge is -2.37. The second-order valence-electron chi connectivity index (χ2n) is 4.71. The van der Waals surface area contributed by atoms with Crippen molar-refractivity contribution >= 4 is 0 Å². The molecule has 0 bridgehead atoms. The SMILES string of the molecule is COCC(C)(CN)N(C)CCCN(C)C. The van der Waals surface area contributed by atoms with Crippen LogP contribution in [0, 0.1) is 0 Å². The average molecular weight is 217 g/mol. The summed E-state index contributed by atoms with van der Waals surface area (Å²) in [5.41, 5.74) is 5.75. The molecule has 0 saturated carbocycles. The van der Waals surface area contributed by atoms with Crippen molar-refractivity contribution in [3.05, 3.63) is 0 Å². The van der Waals surface area contributed by atoms with Crippen LogP contribution in [0.1, 0.15) is 13.3 Å². The molecule has 0 heterocycles. The summed E-state index contributed by atoms with van der Waals surface area (Å²) >= 11 is 0. The number of rotatable bonds is 8. The zero-order chi connectivity index (χ0) is 11.9. The minimum Gasteiger partial charge on any atom is -0.383 e. The van der Waals surface area contributed by atoms with Gasteiger partial charge < -0.3 is 15.4 Å². The average Bonchev–Trinajstić information content (AvgIpc) is 2.17. The standard InChI is InChI=1S/C11H27N3O/c1-11(9-12,10-15-5)14(4)8-6-7-13(2)3/h6-10,12H2,1-5H3. The normalized spacial score (nSPS) is 16.0. The van der Waals surface area contributed by atoms with Crippen LogP contribution in [0.4, 0.5) is 0 Å². The molecule has 1 atom stereocenters. The molecule has 0 aromatic carbocycles. The van der Waals surface area contributed by atoms with Crippen molar-refractivity contribution in [2.75, 3.05) is 54.5 Å². The number of likely N-dealkylation sites (N-methyl/N-ethyl adjacent to an activating group) is 1. The Balaban J connectivity index is 3.98. The molecule has 0 aliphatic carbocycles. The van der Waals surface area contributed by atoms with Gasteiger partial charge in [0.2, 0.25) is 0 Å². The van der Waals surface area contributed by atoms with Gasteiger partial charge in [0.15, 0.2) is 0 Å². The van der Waals surface area contributed by atoms with Crippen LogP contribution in [0.15, 0.2) is 0 Å². The molecule has 0 aliphatic rings. The highest BCUT2D eigenvalue weighted by Crippen LogP contribution is 2.12. The van der Waals surface area contributed by atoms with Crippen molar-refractivity contribution in [1.29, 1.82) is 0 Å². The van der Waals surface area contributed by atoms with Crippen LogP contribution in [0.2, 0.25) is 0 Å². The Hall–Kier alpha value is -0.160. The molecular formula is C11H27N3O. The molecule has 0 saturated heterocycles. The number of methoxy groups -OCH3 is 1. The number of ether oxygens (including phenoxy) is 1. The van der Waals surface area contributed by atoms with E-state index in [-0.39, 0.29) is 5.54 Å². The second-order valence-corrected chi connectivity index (χ2v) is 4.71. The van der Waals surface area contributed by atoms with Crippen molar-refractivity contribution in [1.82, 2.24) is 9.80 Å². The highest BCUT2D eigenvalue weighted by atomic mass is 16.5. The maximum Gasteiger partial charge on any atom is 0.0656 e. The fraction of sp³-hybridized carbons (Fsp3) is 1.00. The van der Waals surface area contributed by atoms with Gasteiger partial charge in [0.1, 0.15) is 0 Å². The summed E-state index contributed by atoms with van der Waals surface area (Å²) in [5.74, 6) is 0.